The summed E-state index contributed by atoms with van der Waals surface area (Å²) >= 11 is 0. The van der Waals surface area contributed by atoms with Crippen LogP contribution < -0.4 is 20.7 Å². The Kier molecular flexibility index (Phi) is 4.35. The van der Waals surface area contributed by atoms with Crippen molar-refractivity contribution >= 4 is 34.7 Å². The lowest BCUT2D eigenvalue weighted by molar-refractivity contribution is -0.110. The third kappa shape index (κ3) is 2.99. The lowest BCUT2D eigenvalue weighted by atomic mass is 9.99. The third-order valence-corrected chi connectivity index (χ3v) is 6.12. The molecule has 1 fully saturated rings. The fraction of sp³-hybridized carbons (Fsp3) is 0.364. The average Bonchev–Trinajstić information content (AvgIpc) is 3.43. The van der Waals surface area contributed by atoms with Gasteiger partial charge in [-0.25, -0.2) is 9.97 Å². The van der Waals surface area contributed by atoms with Gasteiger partial charge in [-0.15, -0.1) is 0 Å². The van der Waals surface area contributed by atoms with Gasteiger partial charge >= 0.3 is 0 Å². The summed E-state index contributed by atoms with van der Waals surface area (Å²) in [7, 11) is 0. The molecule has 2 aromatic heterocycles. The Balaban J connectivity index is 1.69. The van der Waals surface area contributed by atoms with Gasteiger partial charge in [-0.3, -0.25) is 9.59 Å². The smallest absolute Gasteiger partial charge is 0.267 e. The molecule has 3 heterocycles. The molecule has 1 saturated carbocycles. The second kappa shape index (κ2) is 6.97. The molecule has 2 aliphatic rings. The summed E-state index contributed by atoms with van der Waals surface area (Å²) in [6.45, 7) is 4.88. The van der Waals surface area contributed by atoms with Crippen molar-refractivity contribution in [2.24, 2.45) is 0 Å². The van der Waals surface area contributed by atoms with E-state index in [0.29, 0.717) is 6.54 Å². The molecular weight excluding hydrogens is 396 g/mol. The van der Waals surface area contributed by atoms with Crippen LogP contribution in [0.1, 0.15) is 48.7 Å². The number of ether oxygens (including phenoxy) is 1. The van der Waals surface area contributed by atoms with Gasteiger partial charge in [-0.2, -0.15) is 0 Å². The topological polar surface area (TPSA) is 115 Å². The van der Waals surface area contributed by atoms with Crippen LogP contribution >= 0.6 is 0 Å². The van der Waals surface area contributed by atoms with Crippen LogP contribution in [0.25, 0.3) is 10.9 Å². The molecule has 1 aliphatic heterocycles. The molecule has 1 aromatic carbocycles. The van der Waals surface area contributed by atoms with E-state index in [1.165, 1.54) is 6.33 Å². The molecule has 31 heavy (non-hydrogen) atoms. The Morgan fingerprint density at radius 1 is 1.29 bits per heavy atom. The van der Waals surface area contributed by atoms with Crippen LogP contribution in [0.4, 0.5) is 11.5 Å². The zero-order valence-corrected chi connectivity index (χ0v) is 17.5. The van der Waals surface area contributed by atoms with E-state index >= 15 is 0 Å². The van der Waals surface area contributed by atoms with E-state index < -0.39 is 5.54 Å². The maximum absolute atomic E-state index is 13.4. The van der Waals surface area contributed by atoms with E-state index in [-0.39, 0.29) is 35.8 Å². The highest BCUT2D eigenvalue weighted by molar-refractivity contribution is 6.11. The van der Waals surface area contributed by atoms with Crippen molar-refractivity contribution < 1.29 is 14.3 Å². The first-order chi connectivity index (χ1) is 14.9. The molecule has 160 valence electrons. The lowest BCUT2D eigenvalue weighted by Crippen LogP contribution is -2.34. The normalized spacial score (nSPS) is 17.3. The average molecular weight is 420 g/mol. The van der Waals surface area contributed by atoms with Crippen molar-refractivity contribution in [2.75, 3.05) is 23.8 Å². The van der Waals surface area contributed by atoms with E-state index in [0.717, 1.165) is 41.4 Å². The predicted molar refractivity (Wildman–Crippen MR) is 116 cm³/mol. The van der Waals surface area contributed by atoms with Gasteiger partial charge in [0.2, 0.25) is 12.3 Å². The van der Waals surface area contributed by atoms with Crippen molar-refractivity contribution in [1.82, 2.24) is 19.9 Å². The zero-order valence-electron chi connectivity index (χ0n) is 17.5. The van der Waals surface area contributed by atoms with Crippen LogP contribution in [0.2, 0.25) is 0 Å². The molecule has 2 amide bonds. The third-order valence-electron chi connectivity index (χ3n) is 6.12. The number of nitrogens with one attached hydrogen (secondary N) is 1. The number of rotatable bonds is 5. The second-order valence-electron chi connectivity index (χ2n) is 8.34. The number of nitrogen functional groups attached to an aromatic ring is 1. The molecule has 5 rings (SSSR count). The van der Waals surface area contributed by atoms with Crippen LogP contribution in [-0.4, -0.2) is 40.0 Å². The van der Waals surface area contributed by atoms with Crippen molar-refractivity contribution in [2.45, 2.75) is 38.3 Å². The number of carbonyl (C=O) groups is 2. The first kappa shape index (κ1) is 19.3. The molecule has 1 aliphatic carbocycles. The van der Waals surface area contributed by atoms with Crippen molar-refractivity contribution in [1.29, 1.82) is 0 Å². The number of fused-ring (bicyclic) bond motifs is 2. The van der Waals surface area contributed by atoms with Crippen LogP contribution in [0.15, 0.2) is 30.7 Å². The molecule has 9 heteroatoms. The van der Waals surface area contributed by atoms with Gasteiger partial charge in [0.05, 0.1) is 17.6 Å². The molecule has 0 saturated heterocycles. The Bertz CT molecular complexity index is 1200. The monoisotopic (exact) mass is 420 g/mol. The van der Waals surface area contributed by atoms with E-state index in [9.17, 15) is 9.59 Å². The molecule has 0 radical (unpaired) electrons. The summed E-state index contributed by atoms with van der Waals surface area (Å²) in [5.41, 5.74) is 8.57. The van der Waals surface area contributed by atoms with Gasteiger partial charge in [0.1, 0.15) is 24.3 Å². The highest BCUT2D eigenvalue weighted by Crippen LogP contribution is 2.49. The van der Waals surface area contributed by atoms with E-state index in [2.05, 4.69) is 33.7 Å². The summed E-state index contributed by atoms with van der Waals surface area (Å²) in [4.78, 5) is 34.5. The van der Waals surface area contributed by atoms with E-state index in [1.807, 2.05) is 24.4 Å². The summed E-state index contributed by atoms with van der Waals surface area (Å²) in [5, 5.41) is 4.02. The molecular formula is C22H24N6O3. The summed E-state index contributed by atoms with van der Waals surface area (Å²) in [6, 6.07) is 6.31. The SMILES string of the molecule is CC(C)n1ccc2cc(N3CCOc4ncnc(N)c4C3=O)cc(C3(NC=O)CC3)c21. The number of nitrogens with two attached hydrogens (primary N) is 1. The first-order valence-electron chi connectivity index (χ1n) is 10.4. The van der Waals surface area contributed by atoms with Crippen molar-refractivity contribution in [3.8, 4) is 5.88 Å². The number of benzene rings is 1. The molecule has 0 unspecified atom stereocenters. The summed E-state index contributed by atoms with van der Waals surface area (Å²) in [5.74, 6) is -0.00335. The minimum absolute atomic E-state index is 0.0930. The molecule has 0 atom stereocenters. The van der Waals surface area contributed by atoms with Crippen molar-refractivity contribution in [3.05, 3.63) is 41.9 Å². The van der Waals surface area contributed by atoms with Gasteiger partial charge < -0.3 is 25.3 Å². The Hall–Kier alpha value is -3.62. The number of anilines is 2. The fourth-order valence-electron chi connectivity index (χ4n) is 4.38. The van der Waals surface area contributed by atoms with Crippen LogP contribution in [0.5, 0.6) is 5.88 Å². The summed E-state index contributed by atoms with van der Waals surface area (Å²) < 4.78 is 7.87. The van der Waals surface area contributed by atoms with Gasteiger partial charge in [-0.05, 0) is 44.9 Å². The van der Waals surface area contributed by atoms with Gasteiger partial charge in [0.25, 0.3) is 5.91 Å². The number of amides is 2. The Labute approximate surface area is 179 Å². The maximum atomic E-state index is 13.4. The zero-order chi connectivity index (χ0) is 21.8. The maximum Gasteiger partial charge on any atom is 0.267 e. The van der Waals surface area contributed by atoms with Crippen molar-refractivity contribution in [3.63, 3.8) is 0 Å². The number of carbonyl (C=O) groups excluding carboxylic acids is 2. The van der Waals surface area contributed by atoms with Crippen LogP contribution in [-0.2, 0) is 10.3 Å². The molecule has 0 bridgehead atoms. The van der Waals surface area contributed by atoms with Crippen LogP contribution in [0.3, 0.4) is 0 Å². The number of hydrogen-bond donors (Lipinski definition) is 2. The highest BCUT2D eigenvalue weighted by atomic mass is 16.5. The largest absolute Gasteiger partial charge is 0.475 e. The van der Waals surface area contributed by atoms with Gasteiger partial charge in [-0.1, -0.05) is 0 Å². The molecule has 3 N–H and O–H groups in total. The molecule has 0 spiro atoms. The van der Waals surface area contributed by atoms with Crippen LogP contribution in [0, 0.1) is 0 Å². The van der Waals surface area contributed by atoms with E-state index in [1.54, 1.807) is 4.90 Å². The fourth-order valence-corrected chi connectivity index (χ4v) is 4.38. The lowest BCUT2D eigenvalue weighted by Gasteiger charge is -2.25. The van der Waals surface area contributed by atoms with E-state index in [4.69, 9.17) is 10.5 Å². The number of hydrogen-bond acceptors (Lipinski definition) is 6. The molecule has 9 nitrogen and oxygen atoms in total. The predicted octanol–water partition coefficient (Wildman–Crippen LogP) is 2.37. The minimum atomic E-state index is -0.410. The van der Waals surface area contributed by atoms with Gasteiger partial charge in [0, 0.05) is 28.9 Å². The van der Waals surface area contributed by atoms with Gasteiger partial charge in [0.15, 0.2) is 0 Å². The Morgan fingerprint density at radius 3 is 2.81 bits per heavy atom. The highest BCUT2D eigenvalue weighted by Gasteiger charge is 2.46. The first-order valence-corrected chi connectivity index (χ1v) is 10.4. The molecule has 3 aromatic rings. The quantitative estimate of drug-likeness (QED) is 0.613. The number of aromatic nitrogens is 3. The number of nitrogens with zero attached hydrogens (tertiary/aromatic N) is 4. The minimum Gasteiger partial charge on any atom is -0.475 e. The standard InChI is InChI=1S/C22H24N6O3/c1-13(2)27-6-3-14-9-15(10-16(18(14)27)22(4-5-22)26-12-29)28-7-8-31-20-17(21(28)30)19(23)24-11-25-20/h3,6,9-13H,4-5,7-8H2,1-2H3,(H,26,29)(H2,23,24,25). The summed E-state index contributed by atoms with van der Waals surface area (Å²) in [6.07, 6.45) is 5.81. The Morgan fingerprint density at radius 2 is 2.10 bits per heavy atom. The second-order valence-corrected chi connectivity index (χ2v) is 8.34.